The summed E-state index contributed by atoms with van der Waals surface area (Å²) in [5, 5.41) is 2.73. The van der Waals surface area contributed by atoms with E-state index in [-0.39, 0.29) is 12.3 Å². The molecule has 0 rings (SSSR count). The molecule has 0 amide bonds. The Kier molecular flexibility index (Phi) is 5.54. The van der Waals surface area contributed by atoms with E-state index in [0.29, 0.717) is 10.8 Å². The Morgan fingerprint density at radius 1 is 1.33 bits per heavy atom. The third kappa shape index (κ3) is 6.69. The van der Waals surface area contributed by atoms with Gasteiger partial charge in [0, 0.05) is 13.6 Å². The third-order valence-electron chi connectivity index (χ3n) is 1.66. The van der Waals surface area contributed by atoms with Gasteiger partial charge < -0.3 is 5.32 Å². The molecule has 0 unspecified atom stereocenters. The van der Waals surface area contributed by atoms with Crippen LogP contribution in [0.3, 0.4) is 0 Å². The van der Waals surface area contributed by atoms with E-state index in [1.54, 1.807) is 6.92 Å². The van der Waals surface area contributed by atoms with Crippen LogP contribution in [0.2, 0.25) is 0 Å². The monoisotopic (exact) mass is 248 g/mol. The minimum Gasteiger partial charge on any atom is -0.316 e. The molecule has 0 saturated carbocycles. The molecule has 4 nitrogen and oxygen atoms in total. The number of rotatable bonds is 6. The molecular formula is C7H15F3N2O2S. The highest BCUT2D eigenvalue weighted by Crippen LogP contribution is 2.17. The first-order valence-electron chi connectivity index (χ1n) is 4.40. The zero-order valence-electron chi connectivity index (χ0n) is 8.63. The summed E-state index contributed by atoms with van der Waals surface area (Å²) in [7, 11) is -2.89. The Labute approximate surface area is 87.5 Å². The second-order valence-electron chi connectivity index (χ2n) is 3.04. The molecule has 15 heavy (non-hydrogen) atoms. The summed E-state index contributed by atoms with van der Waals surface area (Å²) in [4.78, 5) is 0. The summed E-state index contributed by atoms with van der Waals surface area (Å²) in [5.74, 6) is -0.326. The Morgan fingerprint density at radius 2 is 1.87 bits per heavy atom. The lowest BCUT2D eigenvalue weighted by Gasteiger charge is -2.18. The van der Waals surface area contributed by atoms with Crippen molar-refractivity contribution in [2.45, 2.75) is 13.1 Å². The highest BCUT2D eigenvalue weighted by Gasteiger charge is 2.33. The molecule has 8 heteroatoms. The van der Waals surface area contributed by atoms with Gasteiger partial charge in [0.25, 0.3) is 0 Å². The van der Waals surface area contributed by atoms with Crippen LogP contribution in [0.25, 0.3) is 0 Å². The molecule has 1 N–H and O–H groups in total. The molecule has 0 aliphatic rings. The summed E-state index contributed by atoms with van der Waals surface area (Å²) < 4.78 is 58.6. The molecule has 0 aromatic rings. The number of hydrogen-bond donors (Lipinski definition) is 1. The van der Waals surface area contributed by atoms with Crippen molar-refractivity contribution in [3.63, 3.8) is 0 Å². The van der Waals surface area contributed by atoms with Gasteiger partial charge in [-0.2, -0.15) is 17.5 Å². The van der Waals surface area contributed by atoms with Crippen LogP contribution in [0.4, 0.5) is 13.2 Å². The van der Waals surface area contributed by atoms with Crippen LogP contribution in [0.15, 0.2) is 0 Å². The molecule has 0 aliphatic carbocycles. The van der Waals surface area contributed by atoms with E-state index in [1.165, 1.54) is 0 Å². The third-order valence-corrected chi connectivity index (χ3v) is 3.46. The molecule has 0 spiro atoms. The largest absolute Gasteiger partial charge is 0.402 e. The Morgan fingerprint density at radius 3 is 2.27 bits per heavy atom. The predicted molar refractivity (Wildman–Crippen MR) is 51.0 cm³/mol. The van der Waals surface area contributed by atoms with Crippen molar-refractivity contribution in [2.75, 3.05) is 32.4 Å². The molecule has 0 fully saturated rings. The van der Waals surface area contributed by atoms with Gasteiger partial charge >= 0.3 is 6.18 Å². The normalized spacial score (nSPS) is 13.5. The van der Waals surface area contributed by atoms with Gasteiger partial charge in [0.05, 0.1) is 5.75 Å². The fraction of sp³-hybridized carbons (Fsp3) is 1.00. The molecule has 0 radical (unpaired) electrons. The van der Waals surface area contributed by atoms with Gasteiger partial charge in [-0.1, -0.05) is 6.92 Å². The van der Waals surface area contributed by atoms with Crippen molar-refractivity contribution in [2.24, 2.45) is 0 Å². The van der Waals surface area contributed by atoms with Gasteiger partial charge in [-0.05, 0) is 6.54 Å². The van der Waals surface area contributed by atoms with Crippen molar-refractivity contribution in [3.8, 4) is 0 Å². The second kappa shape index (κ2) is 5.66. The average Bonchev–Trinajstić information content (AvgIpc) is 2.01. The van der Waals surface area contributed by atoms with Crippen LogP contribution < -0.4 is 5.32 Å². The molecule has 0 aliphatic heterocycles. The predicted octanol–water partition coefficient (Wildman–Crippen LogP) is 0.420. The number of nitrogens with one attached hydrogen (secondary N) is 1. The van der Waals surface area contributed by atoms with Crippen LogP contribution in [0, 0.1) is 0 Å². The lowest BCUT2D eigenvalue weighted by Crippen LogP contribution is -2.39. The van der Waals surface area contributed by atoms with E-state index >= 15 is 0 Å². The number of nitrogens with zero attached hydrogens (tertiary/aromatic N) is 1. The maximum atomic E-state index is 11.9. The van der Waals surface area contributed by atoms with Gasteiger partial charge in [0.2, 0.25) is 10.0 Å². The van der Waals surface area contributed by atoms with Gasteiger partial charge in [-0.15, -0.1) is 0 Å². The van der Waals surface area contributed by atoms with Gasteiger partial charge in [0.1, 0.15) is 6.54 Å². The van der Waals surface area contributed by atoms with Crippen molar-refractivity contribution in [1.29, 1.82) is 0 Å². The second-order valence-corrected chi connectivity index (χ2v) is 5.24. The number of hydrogen-bond acceptors (Lipinski definition) is 3. The molecule has 0 saturated heterocycles. The summed E-state index contributed by atoms with van der Waals surface area (Å²) in [6, 6.07) is 0. The SMILES string of the molecule is CCNCCS(=O)(=O)N(C)CC(F)(F)F. The van der Waals surface area contributed by atoms with E-state index in [4.69, 9.17) is 0 Å². The highest BCUT2D eigenvalue weighted by atomic mass is 32.2. The molecular weight excluding hydrogens is 233 g/mol. The van der Waals surface area contributed by atoms with Crippen LogP contribution in [-0.4, -0.2) is 51.3 Å². The summed E-state index contributed by atoms with van der Waals surface area (Å²) in [6.45, 7) is 1.08. The summed E-state index contributed by atoms with van der Waals surface area (Å²) >= 11 is 0. The smallest absolute Gasteiger partial charge is 0.316 e. The average molecular weight is 248 g/mol. The quantitative estimate of drug-likeness (QED) is 0.693. The van der Waals surface area contributed by atoms with E-state index in [2.05, 4.69) is 5.32 Å². The zero-order valence-corrected chi connectivity index (χ0v) is 9.45. The number of alkyl halides is 3. The van der Waals surface area contributed by atoms with Gasteiger partial charge in [0.15, 0.2) is 0 Å². The molecule has 0 heterocycles. The fourth-order valence-corrected chi connectivity index (χ4v) is 1.94. The minimum atomic E-state index is -4.50. The fourth-order valence-electron chi connectivity index (χ4n) is 0.885. The van der Waals surface area contributed by atoms with Crippen LogP contribution >= 0.6 is 0 Å². The van der Waals surface area contributed by atoms with Crippen molar-refractivity contribution in [1.82, 2.24) is 9.62 Å². The lowest BCUT2D eigenvalue weighted by molar-refractivity contribution is -0.134. The highest BCUT2D eigenvalue weighted by molar-refractivity contribution is 7.89. The van der Waals surface area contributed by atoms with Crippen molar-refractivity contribution < 1.29 is 21.6 Å². The van der Waals surface area contributed by atoms with Crippen LogP contribution in [0.1, 0.15) is 6.92 Å². The standard InChI is InChI=1S/C7H15F3N2O2S/c1-3-11-4-5-15(13,14)12(2)6-7(8,9)10/h11H,3-6H2,1-2H3. The van der Waals surface area contributed by atoms with Gasteiger partial charge in [-0.3, -0.25) is 0 Å². The van der Waals surface area contributed by atoms with Crippen molar-refractivity contribution >= 4 is 10.0 Å². The Hall–Kier alpha value is -0.340. The van der Waals surface area contributed by atoms with E-state index in [9.17, 15) is 21.6 Å². The summed E-state index contributed by atoms with van der Waals surface area (Å²) in [5.41, 5.74) is 0. The first-order valence-corrected chi connectivity index (χ1v) is 6.01. The molecule has 92 valence electrons. The van der Waals surface area contributed by atoms with Crippen LogP contribution in [-0.2, 0) is 10.0 Å². The number of sulfonamides is 1. The minimum absolute atomic E-state index is 0.154. The maximum Gasteiger partial charge on any atom is 0.402 e. The molecule has 0 aromatic heterocycles. The maximum absolute atomic E-state index is 11.9. The van der Waals surface area contributed by atoms with E-state index in [0.717, 1.165) is 7.05 Å². The van der Waals surface area contributed by atoms with E-state index in [1.807, 2.05) is 0 Å². The lowest BCUT2D eigenvalue weighted by atomic mass is 10.6. The molecule has 0 atom stereocenters. The summed E-state index contributed by atoms with van der Waals surface area (Å²) in [6.07, 6.45) is -4.50. The Bertz CT molecular complexity index is 276. The topological polar surface area (TPSA) is 49.4 Å². The first-order chi connectivity index (χ1) is 6.69. The molecule has 0 bridgehead atoms. The van der Waals surface area contributed by atoms with Gasteiger partial charge in [-0.25, -0.2) is 8.42 Å². The zero-order chi connectivity index (χ0) is 12.1. The molecule has 0 aromatic carbocycles. The van der Waals surface area contributed by atoms with E-state index < -0.39 is 22.7 Å². The number of halogens is 3. The van der Waals surface area contributed by atoms with Crippen molar-refractivity contribution in [3.05, 3.63) is 0 Å². The Balaban J connectivity index is 4.21. The first kappa shape index (κ1) is 14.7. The van der Waals surface area contributed by atoms with Crippen LogP contribution in [0.5, 0.6) is 0 Å².